The fourth-order valence-corrected chi connectivity index (χ4v) is 2.61. The summed E-state index contributed by atoms with van der Waals surface area (Å²) < 4.78 is 16.2. The number of aliphatic carboxylic acids is 1. The third-order valence-corrected chi connectivity index (χ3v) is 4.54. The molecule has 0 aliphatic rings. The third kappa shape index (κ3) is 6.04. The lowest BCUT2D eigenvalue weighted by atomic mass is 9.72. The van der Waals surface area contributed by atoms with Crippen molar-refractivity contribution in [1.82, 2.24) is 0 Å². The lowest BCUT2D eigenvalue weighted by molar-refractivity contribution is -0.140. The first-order valence-electron chi connectivity index (χ1n) is 8.33. The van der Waals surface area contributed by atoms with Crippen molar-refractivity contribution in [3.8, 4) is 11.5 Å². The standard InChI is InChI=1S/C19H30O5/c1-14(2)19(3,13-18(20)21)12-15-7-8-16(23-5)17(11-15)24-10-6-9-22-4/h7-8,11,14H,6,9-10,12-13H2,1-5H3,(H,20,21). The van der Waals surface area contributed by atoms with Crippen LogP contribution in [0.4, 0.5) is 0 Å². The molecule has 1 N–H and O–H groups in total. The van der Waals surface area contributed by atoms with E-state index in [1.54, 1.807) is 14.2 Å². The largest absolute Gasteiger partial charge is 0.493 e. The van der Waals surface area contributed by atoms with Gasteiger partial charge in [0.05, 0.1) is 20.1 Å². The van der Waals surface area contributed by atoms with Crippen LogP contribution in [-0.4, -0.2) is 38.5 Å². The number of carboxylic acids is 1. The van der Waals surface area contributed by atoms with Crippen molar-refractivity contribution in [3.63, 3.8) is 0 Å². The molecule has 0 aliphatic carbocycles. The van der Waals surface area contributed by atoms with Crippen LogP contribution in [0.3, 0.4) is 0 Å². The zero-order chi connectivity index (χ0) is 18.2. The summed E-state index contributed by atoms with van der Waals surface area (Å²) >= 11 is 0. The molecule has 0 amide bonds. The van der Waals surface area contributed by atoms with E-state index in [9.17, 15) is 9.90 Å². The van der Waals surface area contributed by atoms with Gasteiger partial charge in [0.25, 0.3) is 0 Å². The Morgan fingerprint density at radius 1 is 1.21 bits per heavy atom. The summed E-state index contributed by atoms with van der Waals surface area (Å²) in [4.78, 5) is 11.2. The Bertz CT molecular complexity index is 526. The van der Waals surface area contributed by atoms with E-state index in [4.69, 9.17) is 14.2 Å². The summed E-state index contributed by atoms with van der Waals surface area (Å²) in [5, 5.41) is 9.22. The van der Waals surface area contributed by atoms with E-state index < -0.39 is 5.97 Å². The molecular formula is C19H30O5. The van der Waals surface area contributed by atoms with Crippen molar-refractivity contribution in [2.75, 3.05) is 27.4 Å². The van der Waals surface area contributed by atoms with Crippen molar-refractivity contribution >= 4 is 5.97 Å². The molecule has 0 radical (unpaired) electrons. The van der Waals surface area contributed by atoms with Gasteiger partial charge in [-0.1, -0.05) is 26.8 Å². The molecular weight excluding hydrogens is 308 g/mol. The molecule has 0 fully saturated rings. The van der Waals surface area contributed by atoms with Crippen LogP contribution in [0.1, 0.15) is 39.2 Å². The van der Waals surface area contributed by atoms with E-state index in [0.29, 0.717) is 31.1 Å². The van der Waals surface area contributed by atoms with Crippen molar-refractivity contribution in [3.05, 3.63) is 23.8 Å². The van der Waals surface area contributed by atoms with E-state index >= 15 is 0 Å². The molecule has 1 aromatic rings. The average Bonchev–Trinajstić information content (AvgIpc) is 2.51. The first-order chi connectivity index (χ1) is 11.3. The number of methoxy groups -OCH3 is 2. The molecule has 5 nitrogen and oxygen atoms in total. The van der Waals surface area contributed by atoms with E-state index in [1.807, 2.05) is 25.1 Å². The van der Waals surface area contributed by atoms with Crippen LogP contribution in [0.2, 0.25) is 0 Å². The Labute approximate surface area is 144 Å². The molecule has 0 aromatic heterocycles. The van der Waals surface area contributed by atoms with Gasteiger partial charge in [0.2, 0.25) is 0 Å². The fraction of sp³-hybridized carbons (Fsp3) is 0.632. The van der Waals surface area contributed by atoms with Gasteiger partial charge in [0, 0.05) is 20.1 Å². The highest BCUT2D eigenvalue weighted by Crippen LogP contribution is 2.37. The fourth-order valence-electron chi connectivity index (χ4n) is 2.61. The first kappa shape index (κ1) is 20.3. The highest BCUT2D eigenvalue weighted by molar-refractivity contribution is 5.67. The van der Waals surface area contributed by atoms with Gasteiger partial charge in [-0.25, -0.2) is 0 Å². The van der Waals surface area contributed by atoms with E-state index in [2.05, 4.69) is 13.8 Å². The molecule has 0 saturated heterocycles. The maximum absolute atomic E-state index is 11.2. The summed E-state index contributed by atoms with van der Waals surface area (Å²) in [6, 6.07) is 5.81. The number of hydrogen-bond donors (Lipinski definition) is 1. The number of hydrogen-bond acceptors (Lipinski definition) is 4. The number of rotatable bonds is 11. The van der Waals surface area contributed by atoms with Crippen molar-refractivity contribution in [2.24, 2.45) is 11.3 Å². The van der Waals surface area contributed by atoms with E-state index in [1.165, 1.54) is 0 Å². The van der Waals surface area contributed by atoms with Gasteiger partial charge >= 0.3 is 5.97 Å². The van der Waals surface area contributed by atoms with Gasteiger partial charge in [-0.05, 0) is 35.4 Å². The second-order valence-corrected chi connectivity index (χ2v) is 6.74. The van der Waals surface area contributed by atoms with Gasteiger partial charge in [-0.15, -0.1) is 0 Å². The molecule has 0 aliphatic heterocycles. The number of carbonyl (C=O) groups is 1. The topological polar surface area (TPSA) is 65.0 Å². The van der Waals surface area contributed by atoms with Gasteiger partial charge in [0.1, 0.15) is 0 Å². The molecule has 0 bridgehead atoms. The summed E-state index contributed by atoms with van der Waals surface area (Å²) in [7, 11) is 3.27. The Morgan fingerprint density at radius 3 is 2.46 bits per heavy atom. The summed E-state index contributed by atoms with van der Waals surface area (Å²) in [5.74, 6) is 0.853. The molecule has 0 saturated carbocycles. The Kier molecular flexibility index (Phi) is 8.05. The Balaban J connectivity index is 2.92. The molecule has 1 aromatic carbocycles. The predicted molar refractivity (Wildman–Crippen MR) is 93.9 cm³/mol. The summed E-state index contributed by atoms with van der Waals surface area (Å²) in [5.41, 5.74) is 0.739. The van der Waals surface area contributed by atoms with Crippen LogP contribution in [0, 0.1) is 11.3 Å². The molecule has 1 unspecified atom stereocenters. The maximum atomic E-state index is 11.2. The van der Waals surface area contributed by atoms with Gasteiger partial charge in [-0.2, -0.15) is 0 Å². The lowest BCUT2D eigenvalue weighted by Crippen LogP contribution is -2.29. The Hall–Kier alpha value is -1.75. The van der Waals surface area contributed by atoms with Crippen molar-refractivity contribution < 1.29 is 24.1 Å². The van der Waals surface area contributed by atoms with Crippen molar-refractivity contribution in [2.45, 2.75) is 40.0 Å². The SMILES string of the molecule is COCCCOc1cc(CC(C)(CC(=O)O)C(C)C)ccc1OC. The summed E-state index contributed by atoms with van der Waals surface area (Å²) in [6.45, 7) is 7.34. The van der Waals surface area contributed by atoms with E-state index in [0.717, 1.165) is 12.0 Å². The molecule has 136 valence electrons. The quantitative estimate of drug-likeness (QED) is 0.622. The molecule has 1 atom stereocenters. The molecule has 5 heteroatoms. The molecule has 1 rings (SSSR count). The molecule has 24 heavy (non-hydrogen) atoms. The normalized spacial score (nSPS) is 13.6. The number of benzene rings is 1. The lowest BCUT2D eigenvalue weighted by Gasteiger charge is -2.32. The average molecular weight is 338 g/mol. The van der Waals surface area contributed by atoms with Gasteiger partial charge in [0.15, 0.2) is 11.5 Å². The van der Waals surface area contributed by atoms with Crippen LogP contribution in [0.25, 0.3) is 0 Å². The predicted octanol–water partition coefficient (Wildman–Crippen LogP) is 3.79. The minimum absolute atomic E-state index is 0.140. The van der Waals surface area contributed by atoms with Gasteiger partial charge < -0.3 is 19.3 Å². The highest BCUT2D eigenvalue weighted by atomic mass is 16.5. The van der Waals surface area contributed by atoms with E-state index in [-0.39, 0.29) is 17.8 Å². The Morgan fingerprint density at radius 2 is 1.92 bits per heavy atom. The molecule has 0 spiro atoms. The highest BCUT2D eigenvalue weighted by Gasteiger charge is 2.31. The molecule has 0 heterocycles. The van der Waals surface area contributed by atoms with Crippen LogP contribution < -0.4 is 9.47 Å². The smallest absolute Gasteiger partial charge is 0.303 e. The zero-order valence-corrected chi connectivity index (χ0v) is 15.4. The van der Waals surface area contributed by atoms with Crippen LogP contribution in [0.5, 0.6) is 11.5 Å². The maximum Gasteiger partial charge on any atom is 0.303 e. The number of ether oxygens (including phenoxy) is 3. The first-order valence-corrected chi connectivity index (χ1v) is 8.33. The third-order valence-electron chi connectivity index (χ3n) is 4.54. The van der Waals surface area contributed by atoms with Crippen LogP contribution in [0.15, 0.2) is 18.2 Å². The number of carboxylic acid groups (broad SMARTS) is 1. The minimum atomic E-state index is -0.768. The van der Waals surface area contributed by atoms with Gasteiger partial charge in [-0.3, -0.25) is 4.79 Å². The monoisotopic (exact) mass is 338 g/mol. The van der Waals surface area contributed by atoms with Crippen LogP contribution in [-0.2, 0) is 16.0 Å². The second-order valence-electron chi connectivity index (χ2n) is 6.74. The van der Waals surface area contributed by atoms with Crippen LogP contribution >= 0.6 is 0 Å². The zero-order valence-electron chi connectivity index (χ0n) is 15.4. The second kappa shape index (κ2) is 9.52. The minimum Gasteiger partial charge on any atom is -0.493 e. The summed E-state index contributed by atoms with van der Waals surface area (Å²) in [6.07, 6.45) is 1.61. The van der Waals surface area contributed by atoms with Crippen molar-refractivity contribution in [1.29, 1.82) is 0 Å².